The SMILES string of the molecule is CCOc1ccc(-c2nnc(SCC(=O)Nc3ccccc3C(=O)NCc3ccccc3)o2)cc1. The summed E-state index contributed by atoms with van der Waals surface area (Å²) in [5.74, 6) is 0.603. The first kappa shape index (κ1) is 24.0. The summed E-state index contributed by atoms with van der Waals surface area (Å²) < 4.78 is 11.1. The zero-order chi connectivity index (χ0) is 24.5. The number of hydrogen-bond acceptors (Lipinski definition) is 7. The molecule has 4 aromatic rings. The van der Waals surface area contributed by atoms with Crippen molar-refractivity contribution < 1.29 is 18.7 Å². The standard InChI is InChI=1S/C26H24N4O4S/c1-2-33-20-14-12-19(13-15-20)25-29-30-26(34-25)35-17-23(31)28-22-11-7-6-10-21(22)24(32)27-16-18-8-4-3-5-9-18/h3-15H,2,16-17H2,1H3,(H,27,32)(H,28,31). The highest BCUT2D eigenvalue weighted by Gasteiger charge is 2.15. The van der Waals surface area contributed by atoms with E-state index in [4.69, 9.17) is 9.15 Å². The van der Waals surface area contributed by atoms with Gasteiger partial charge in [0.25, 0.3) is 11.1 Å². The molecule has 0 saturated carbocycles. The van der Waals surface area contributed by atoms with Crippen LogP contribution in [-0.2, 0) is 11.3 Å². The fourth-order valence-electron chi connectivity index (χ4n) is 3.22. The molecule has 0 bridgehead atoms. The van der Waals surface area contributed by atoms with E-state index < -0.39 is 0 Å². The summed E-state index contributed by atoms with van der Waals surface area (Å²) in [6.45, 7) is 2.90. The molecule has 8 nitrogen and oxygen atoms in total. The van der Waals surface area contributed by atoms with Gasteiger partial charge in [0.2, 0.25) is 11.8 Å². The summed E-state index contributed by atoms with van der Waals surface area (Å²) in [6, 6.07) is 23.8. The maximum Gasteiger partial charge on any atom is 0.277 e. The van der Waals surface area contributed by atoms with Crippen LogP contribution < -0.4 is 15.4 Å². The average Bonchev–Trinajstić information content (AvgIpc) is 3.37. The lowest BCUT2D eigenvalue weighted by atomic mass is 10.1. The number of aromatic nitrogens is 2. The number of thioether (sulfide) groups is 1. The Morgan fingerprint density at radius 2 is 1.69 bits per heavy atom. The topological polar surface area (TPSA) is 106 Å². The van der Waals surface area contributed by atoms with Gasteiger partial charge in [-0.1, -0.05) is 54.2 Å². The first-order valence-electron chi connectivity index (χ1n) is 11.0. The van der Waals surface area contributed by atoms with Gasteiger partial charge >= 0.3 is 0 Å². The molecular formula is C26H24N4O4S. The van der Waals surface area contributed by atoms with Crippen LogP contribution in [0.1, 0.15) is 22.8 Å². The molecule has 1 aromatic heterocycles. The largest absolute Gasteiger partial charge is 0.494 e. The summed E-state index contributed by atoms with van der Waals surface area (Å²) in [5.41, 5.74) is 2.57. The fraction of sp³-hybridized carbons (Fsp3) is 0.154. The summed E-state index contributed by atoms with van der Waals surface area (Å²) in [6.07, 6.45) is 0. The van der Waals surface area contributed by atoms with E-state index in [1.807, 2.05) is 61.5 Å². The number of nitrogens with zero attached hydrogens (tertiary/aromatic N) is 2. The Hall–Kier alpha value is -4.11. The number of ether oxygens (including phenoxy) is 1. The van der Waals surface area contributed by atoms with E-state index in [0.29, 0.717) is 30.3 Å². The van der Waals surface area contributed by atoms with Gasteiger partial charge in [0, 0.05) is 12.1 Å². The minimum absolute atomic E-state index is 0.0465. The minimum atomic E-state index is -0.292. The maximum absolute atomic E-state index is 12.7. The van der Waals surface area contributed by atoms with Crippen molar-refractivity contribution in [1.82, 2.24) is 15.5 Å². The third-order valence-electron chi connectivity index (χ3n) is 4.89. The van der Waals surface area contributed by atoms with Crippen LogP contribution in [0.2, 0.25) is 0 Å². The van der Waals surface area contributed by atoms with E-state index in [9.17, 15) is 9.59 Å². The Labute approximate surface area is 207 Å². The Balaban J connectivity index is 1.32. The van der Waals surface area contributed by atoms with Crippen molar-refractivity contribution in [1.29, 1.82) is 0 Å². The summed E-state index contributed by atoms with van der Waals surface area (Å²) in [7, 11) is 0. The van der Waals surface area contributed by atoms with Crippen molar-refractivity contribution in [2.24, 2.45) is 0 Å². The third kappa shape index (κ3) is 6.70. The van der Waals surface area contributed by atoms with E-state index >= 15 is 0 Å². The second-order valence-electron chi connectivity index (χ2n) is 7.38. The number of para-hydroxylation sites is 1. The van der Waals surface area contributed by atoms with Crippen molar-refractivity contribution in [3.05, 3.63) is 90.0 Å². The van der Waals surface area contributed by atoms with Crippen molar-refractivity contribution in [3.8, 4) is 17.2 Å². The predicted molar refractivity (Wildman–Crippen MR) is 134 cm³/mol. The zero-order valence-corrected chi connectivity index (χ0v) is 19.9. The molecule has 0 saturated heterocycles. The number of amides is 2. The van der Waals surface area contributed by atoms with Gasteiger partial charge < -0.3 is 19.8 Å². The van der Waals surface area contributed by atoms with E-state index in [-0.39, 0.29) is 22.8 Å². The van der Waals surface area contributed by atoms with Crippen LogP contribution in [0.25, 0.3) is 11.5 Å². The maximum atomic E-state index is 12.7. The molecule has 0 aliphatic heterocycles. The lowest BCUT2D eigenvalue weighted by molar-refractivity contribution is -0.113. The molecule has 0 spiro atoms. The summed E-state index contributed by atoms with van der Waals surface area (Å²) >= 11 is 1.12. The molecule has 1 heterocycles. The molecule has 35 heavy (non-hydrogen) atoms. The molecule has 0 atom stereocenters. The van der Waals surface area contributed by atoms with Crippen molar-refractivity contribution in [2.45, 2.75) is 18.7 Å². The number of benzene rings is 3. The van der Waals surface area contributed by atoms with Gasteiger partial charge in [0.15, 0.2) is 0 Å². The van der Waals surface area contributed by atoms with Crippen molar-refractivity contribution in [3.63, 3.8) is 0 Å². The Morgan fingerprint density at radius 3 is 2.46 bits per heavy atom. The summed E-state index contributed by atoms with van der Waals surface area (Å²) in [5, 5.41) is 14.0. The van der Waals surface area contributed by atoms with Crippen LogP contribution in [0.3, 0.4) is 0 Å². The highest BCUT2D eigenvalue weighted by molar-refractivity contribution is 7.99. The lowest BCUT2D eigenvalue weighted by Crippen LogP contribution is -2.25. The zero-order valence-electron chi connectivity index (χ0n) is 19.1. The fourth-order valence-corrected chi connectivity index (χ4v) is 3.79. The van der Waals surface area contributed by atoms with E-state index in [1.54, 1.807) is 24.3 Å². The van der Waals surface area contributed by atoms with E-state index in [0.717, 1.165) is 28.6 Å². The smallest absolute Gasteiger partial charge is 0.277 e. The average molecular weight is 489 g/mol. The number of carbonyl (C=O) groups is 2. The molecule has 2 N–H and O–H groups in total. The number of anilines is 1. The molecule has 0 aliphatic carbocycles. The van der Waals surface area contributed by atoms with Crippen molar-refractivity contribution in [2.75, 3.05) is 17.7 Å². The minimum Gasteiger partial charge on any atom is -0.494 e. The van der Waals surface area contributed by atoms with Crippen LogP contribution in [0.4, 0.5) is 5.69 Å². The van der Waals surface area contributed by atoms with Crippen LogP contribution in [0, 0.1) is 0 Å². The molecule has 0 unspecified atom stereocenters. The van der Waals surface area contributed by atoms with Gasteiger partial charge in [-0.3, -0.25) is 9.59 Å². The molecular weight excluding hydrogens is 464 g/mol. The van der Waals surface area contributed by atoms with Crippen LogP contribution >= 0.6 is 11.8 Å². The van der Waals surface area contributed by atoms with E-state index in [2.05, 4.69) is 20.8 Å². The molecule has 2 amide bonds. The Morgan fingerprint density at radius 1 is 0.943 bits per heavy atom. The Kier molecular flexibility index (Phi) is 8.13. The second kappa shape index (κ2) is 11.8. The Bertz CT molecular complexity index is 1280. The van der Waals surface area contributed by atoms with Gasteiger partial charge in [-0.05, 0) is 48.9 Å². The van der Waals surface area contributed by atoms with Crippen LogP contribution in [0.15, 0.2) is 88.5 Å². The van der Waals surface area contributed by atoms with E-state index in [1.165, 1.54) is 0 Å². The lowest BCUT2D eigenvalue weighted by Gasteiger charge is -2.11. The molecule has 4 rings (SSSR count). The third-order valence-corrected chi connectivity index (χ3v) is 5.71. The van der Waals surface area contributed by atoms with Crippen LogP contribution in [-0.4, -0.2) is 34.4 Å². The molecule has 178 valence electrons. The van der Waals surface area contributed by atoms with Crippen LogP contribution in [0.5, 0.6) is 5.75 Å². The monoisotopic (exact) mass is 488 g/mol. The molecule has 0 fully saturated rings. The van der Waals surface area contributed by atoms with Crippen molar-refractivity contribution >= 4 is 29.3 Å². The molecule has 0 aliphatic rings. The molecule has 0 radical (unpaired) electrons. The highest BCUT2D eigenvalue weighted by Crippen LogP contribution is 2.25. The second-order valence-corrected chi connectivity index (χ2v) is 8.31. The number of nitrogens with one attached hydrogen (secondary N) is 2. The highest BCUT2D eigenvalue weighted by atomic mass is 32.2. The number of carbonyl (C=O) groups excluding carboxylic acids is 2. The van der Waals surface area contributed by atoms with Gasteiger partial charge in [0.05, 0.1) is 23.6 Å². The quantitative estimate of drug-likeness (QED) is 0.309. The molecule has 3 aromatic carbocycles. The predicted octanol–water partition coefficient (Wildman–Crippen LogP) is 4.80. The normalized spacial score (nSPS) is 10.5. The number of rotatable bonds is 10. The first-order chi connectivity index (χ1) is 17.1. The van der Waals surface area contributed by atoms with Gasteiger partial charge in [0.1, 0.15) is 5.75 Å². The van der Waals surface area contributed by atoms with Gasteiger partial charge in [-0.15, -0.1) is 10.2 Å². The number of hydrogen-bond donors (Lipinski definition) is 2. The van der Waals surface area contributed by atoms with Gasteiger partial charge in [-0.2, -0.15) is 0 Å². The summed E-state index contributed by atoms with van der Waals surface area (Å²) in [4.78, 5) is 25.2. The first-order valence-corrected chi connectivity index (χ1v) is 12.0. The van der Waals surface area contributed by atoms with Gasteiger partial charge in [-0.25, -0.2) is 0 Å². The molecule has 9 heteroatoms.